The van der Waals surface area contributed by atoms with Gasteiger partial charge in [-0.15, -0.1) is 0 Å². The third-order valence-corrected chi connectivity index (χ3v) is 8.78. The van der Waals surface area contributed by atoms with Crippen LogP contribution in [0, 0.1) is 13.8 Å². The van der Waals surface area contributed by atoms with Crippen LogP contribution in [0.4, 0.5) is 41.9 Å². The number of nitrogens with two attached hydrogens (primary N) is 2. The first-order valence-electron chi connectivity index (χ1n) is 17.2. The van der Waals surface area contributed by atoms with Gasteiger partial charge in [-0.2, -0.15) is 0 Å². The Morgan fingerprint density at radius 3 is 1.15 bits per heavy atom. The highest BCUT2D eigenvalue weighted by atomic mass is 16.6. The standard InChI is InChI=1S/C43H38N6O6/c1-29-23-25-33(27-37(29)46-41(52)54-35-19-11-5-12-20-35)48(39(44)50)43(31-15-7-3-8-16-31,32-17-9-4-10-18-32)49(40(45)51)34-26-24-30(2)38(28-34)47-42(53)55-36-21-13-6-14-22-36/h3-28H,1-2H3,(H2,44,50)(H2,45,51)(H,46,52)(H,47,53). The maximum atomic E-state index is 14.1. The number of carbonyl (C=O) groups is 4. The summed E-state index contributed by atoms with van der Waals surface area (Å²) < 4.78 is 10.9. The summed E-state index contributed by atoms with van der Waals surface area (Å²) in [5.74, 6) is 0.661. The molecular weight excluding hydrogens is 697 g/mol. The van der Waals surface area contributed by atoms with Crippen molar-refractivity contribution < 1.29 is 28.7 Å². The molecular formula is C43H38N6O6. The summed E-state index contributed by atoms with van der Waals surface area (Å²) >= 11 is 0. The molecule has 6 rings (SSSR count). The van der Waals surface area contributed by atoms with Gasteiger partial charge >= 0.3 is 24.2 Å². The molecule has 6 amide bonds. The number of hydrogen-bond acceptors (Lipinski definition) is 6. The minimum Gasteiger partial charge on any atom is -0.410 e. The first-order valence-corrected chi connectivity index (χ1v) is 17.2. The Labute approximate surface area is 317 Å². The number of aryl methyl sites for hydroxylation is 2. The zero-order valence-corrected chi connectivity index (χ0v) is 30.0. The van der Waals surface area contributed by atoms with Crippen LogP contribution in [0.3, 0.4) is 0 Å². The van der Waals surface area contributed by atoms with Gasteiger partial charge in [-0.1, -0.05) is 109 Å². The first kappa shape index (κ1) is 37.2. The Morgan fingerprint density at radius 2 is 0.818 bits per heavy atom. The normalized spacial score (nSPS) is 10.8. The molecule has 6 aromatic carbocycles. The van der Waals surface area contributed by atoms with Gasteiger partial charge in [-0.05, 0) is 73.5 Å². The monoisotopic (exact) mass is 734 g/mol. The number of amides is 6. The highest BCUT2D eigenvalue weighted by Gasteiger charge is 2.51. The van der Waals surface area contributed by atoms with E-state index in [1.165, 1.54) is 9.80 Å². The smallest absolute Gasteiger partial charge is 0.410 e. The second kappa shape index (κ2) is 16.4. The molecule has 0 saturated heterocycles. The fourth-order valence-electron chi connectivity index (χ4n) is 6.30. The highest BCUT2D eigenvalue weighted by molar-refractivity contribution is 6.02. The van der Waals surface area contributed by atoms with Crippen molar-refractivity contribution in [3.05, 3.63) is 180 Å². The van der Waals surface area contributed by atoms with Gasteiger partial charge in [0, 0.05) is 22.5 Å². The summed E-state index contributed by atoms with van der Waals surface area (Å²) in [7, 11) is 0. The molecule has 276 valence electrons. The third kappa shape index (κ3) is 8.08. The molecule has 6 N–H and O–H groups in total. The second-order valence-corrected chi connectivity index (χ2v) is 12.4. The Bertz CT molecular complexity index is 2140. The van der Waals surface area contributed by atoms with E-state index >= 15 is 0 Å². The average molecular weight is 735 g/mol. The van der Waals surface area contributed by atoms with E-state index in [1.54, 1.807) is 172 Å². The number of para-hydroxylation sites is 2. The number of anilines is 4. The number of primary amides is 2. The van der Waals surface area contributed by atoms with Gasteiger partial charge in [0.25, 0.3) is 0 Å². The van der Waals surface area contributed by atoms with E-state index in [-0.39, 0.29) is 11.4 Å². The molecule has 0 fully saturated rings. The van der Waals surface area contributed by atoms with E-state index < -0.39 is 29.9 Å². The van der Waals surface area contributed by atoms with Crippen LogP contribution in [0.25, 0.3) is 0 Å². The molecule has 0 atom stereocenters. The van der Waals surface area contributed by atoms with Crippen LogP contribution in [-0.4, -0.2) is 24.2 Å². The minimum absolute atomic E-state index is 0.198. The highest BCUT2D eigenvalue weighted by Crippen LogP contribution is 2.46. The molecule has 0 aliphatic carbocycles. The largest absolute Gasteiger partial charge is 0.417 e. The molecule has 0 unspecified atom stereocenters. The number of nitrogens with zero attached hydrogens (tertiary/aromatic N) is 2. The van der Waals surface area contributed by atoms with Gasteiger partial charge in [0.1, 0.15) is 11.5 Å². The Hall–Kier alpha value is -7.60. The zero-order valence-electron chi connectivity index (χ0n) is 30.0. The maximum absolute atomic E-state index is 14.1. The summed E-state index contributed by atoms with van der Waals surface area (Å²) in [5.41, 5.74) is 14.0. The van der Waals surface area contributed by atoms with Crippen molar-refractivity contribution in [3.63, 3.8) is 0 Å². The molecule has 0 bridgehead atoms. The molecule has 6 aromatic rings. The fourth-order valence-corrected chi connectivity index (χ4v) is 6.30. The van der Waals surface area contributed by atoms with Crippen LogP contribution in [0.15, 0.2) is 158 Å². The van der Waals surface area contributed by atoms with Crippen molar-refractivity contribution in [1.29, 1.82) is 0 Å². The number of urea groups is 2. The quantitative estimate of drug-likeness (QED) is 0.102. The fraction of sp³-hybridized carbons (Fsp3) is 0.0698. The molecule has 0 aliphatic rings. The van der Waals surface area contributed by atoms with E-state index in [4.69, 9.17) is 20.9 Å². The van der Waals surface area contributed by atoms with Gasteiger partial charge in [0.05, 0.1) is 11.4 Å². The van der Waals surface area contributed by atoms with E-state index in [0.29, 0.717) is 45.1 Å². The van der Waals surface area contributed by atoms with Crippen molar-refractivity contribution in [2.75, 3.05) is 20.4 Å². The average Bonchev–Trinajstić information content (AvgIpc) is 3.18. The van der Waals surface area contributed by atoms with Crippen molar-refractivity contribution in [3.8, 4) is 11.5 Å². The zero-order chi connectivity index (χ0) is 39.0. The molecule has 0 spiro atoms. The summed E-state index contributed by atoms with van der Waals surface area (Å²) in [5, 5.41) is 5.52. The molecule has 0 heterocycles. The molecule has 55 heavy (non-hydrogen) atoms. The summed E-state index contributed by atoms with van der Waals surface area (Å²) in [6.45, 7) is 3.55. The first-order chi connectivity index (χ1) is 26.6. The second-order valence-electron chi connectivity index (χ2n) is 12.4. The third-order valence-electron chi connectivity index (χ3n) is 8.78. The van der Waals surface area contributed by atoms with Crippen LogP contribution in [0.1, 0.15) is 22.3 Å². The summed E-state index contributed by atoms with van der Waals surface area (Å²) in [6, 6.07) is 42.6. The maximum Gasteiger partial charge on any atom is 0.417 e. The van der Waals surface area contributed by atoms with Crippen molar-refractivity contribution in [2.24, 2.45) is 11.5 Å². The number of hydrogen-bond donors (Lipinski definition) is 4. The van der Waals surface area contributed by atoms with Gasteiger partial charge < -0.3 is 20.9 Å². The number of ether oxygens (including phenoxy) is 2. The topological polar surface area (TPSA) is 169 Å². The predicted octanol–water partition coefficient (Wildman–Crippen LogP) is 8.90. The van der Waals surface area contributed by atoms with Crippen molar-refractivity contribution in [2.45, 2.75) is 19.5 Å². The Morgan fingerprint density at radius 1 is 0.491 bits per heavy atom. The van der Waals surface area contributed by atoms with Crippen LogP contribution in [-0.2, 0) is 5.66 Å². The predicted molar refractivity (Wildman–Crippen MR) is 212 cm³/mol. The van der Waals surface area contributed by atoms with Gasteiger partial charge in [0.2, 0.25) is 0 Å². The van der Waals surface area contributed by atoms with Crippen LogP contribution in [0.5, 0.6) is 11.5 Å². The van der Waals surface area contributed by atoms with Crippen LogP contribution in [0.2, 0.25) is 0 Å². The molecule has 12 nitrogen and oxygen atoms in total. The van der Waals surface area contributed by atoms with Crippen LogP contribution < -0.4 is 41.4 Å². The van der Waals surface area contributed by atoms with Crippen LogP contribution >= 0.6 is 0 Å². The molecule has 0 radical (unpaired) electrons. The van der Waals surface area contributed by atoms with E-state index in [2.05, 4.69) is 10.6 Å². The molecule has 0 aromatic heterocycles. The number of nitrogens with one attached hydrogen (secondary N) is 2. The Balaban J connectivity index is 1.53. The lowest BCUT2D eigenvalue weighted by molar-refractivity contribution is 0.214. The molecule has 12 heteroatoms. The number of carbonyl (C=O) groups excluding carboxylic acids is 4. The number of rotatable bonds is 10. The van der Waals surface area contributed by atoms with Crippen molar-refractivity contribution in [1.82, 2.24) is 0 Å². The lowest BCUT2D eigenvalue weighted by Gasteiger charge is -2.50. The summed E-state index contributed by atoms with van der Waals surface area (Å²) in [6.07, 6.45) is -1.53. The Kier molecular flexibility index (Phi) is 11.1. The lowest BCUT2D eigenvalue weighted by atomic mass is 9.86. The molecule has 0 saturated carbocycles. The van der Waals surface area contributed by atoms with Gasteiger partial charge in [-0.3, -0.25) is 20.4 Å². The van der Waals surface area contributed by atoms with Gasteiger partial charge in [-0.25, -0.2) is 19.2 Å². The van der Waals surface area contributed by atoms with Gasteiger partial charge in [0.15, 0.2) is 5.66 Å². The van der Waals surface area contributed by atoms with E-state index in [1.807, 2.05) is 0 Å². The van der Waals surface area contributed by atoms with Crippen molar-refractivity contribution >= 4 is 47.0 Å². The van der Waals surface area contributed by atoms with E-state index in [9.17, 15) is 19.2 Å². The van der Waals surface area contributed by atoms with E-state index in [0.717, 1.165) is 0 Å². The minimum atomic E-state index is -1.91. The number of benzene rings is 6. The lowest BCUT2D eigenvalue weighted by Crippen LogP contribution is -2.65. The SMILES string of the molecule is Cc1ccc(N(C(N)=O)C(c2ccccc2)(c2ccccc2)N(C(N)=O)c2ccc(C)c(NC(=O)Oc3ccccc3)c2)cc1NC(=O)Oc1ccccc1. The summed E-state index contributed by atoms with van der Waals surface area (Å²) in [4.78, 5) is 56.9. The molecule has 0 aliphatic heterocycles.